The summed E-state index contributed by atoms with van der Waals surface area (Å²) in [7, 11) is 0. The summed E-state index contributed by atoms with van der Waals surface area (Å²) < 4.78 is 58.2. The first kappa shape index (κ1) is 61.3. The summed E-state index contributed by atoms with van der Waals surface area (Å²) in [6.45, 7) is 8.70. The Morgan fingerprint density at radius 1 is 0.337 bits per heavy atom. The van der Waals surface area contributed by atoms with Crippen molar-refractivity contribution in [2.24, 2.45) is 0 Å². The molecule has 0 spiro atoms. The highest BCUT2D eigenvalue weighted by Crippen LogP contribution is 2.61. The van der Waals surface area contributed by atoms with Crippen LogP contribution in [0.4, 0.5) is 0 Å². The maximum atomic E-state index is 10.5. The highest BCUT2D eigenvalue weighted by Gasteiger charge is 2.42. The van der Waals surface area contributed by atoms with Gasteiger partial charge in [-0.1, -0.05) is 180 Å². The zero-order valence-corrected chi connectivity index (χ0v) is 54.1. The molecule has 11 rings (SSSR count). The number of nitriles is 2. The third-order valence-electron chi connectivity index (χ3n) is 18.6. The highest BCUT2D eigenvalue weighted by molar-refractivity contribution is 9.11. The molecule has 5 aliphatic rings. The minimum Gasteiger partial charge on any atom is -0.456 e. The Kier molecular flexibility index (Phi) is 20.8. The van der Waals surface area contributed by atoms with Crippen molar-refractivity contribution in [3.8, 4) is 80.4 Å². The molecule has 4 aliphatic heterocycles. The maximum Gasteiger partial charge on any atom is 0.231 e. The average Bonchev–Trinajstić information content (AvgIpc) is 1.07. The Hall–Kier alpha value is -6.34. The molecule has 1 aliphatic carbocycles. The summed E-state index contributed by atoms with van der Waals surface area (Å²) in [6, 6.07) is 30.4. The lowest BCUT2D eigenvalue weighted by Gasteiger charge is -2.37. The van der Waals surface area contributed by atoms with E-state index >= 15 is 0 Å². The fourth-order valence-electron chi connectivity index (χ4n) is 14.3. The fourth-order valence-corrected chi connectivity index (χ4v) is 15.7. The number of halogens is 2. The average molecular weight is 1290 g/mol. The van der Waals surface area contributed by atoms with Crippen molar-refractivity contribution in [2.45, 2.75) is 205 Å². The van der Waals surface area contributed by atoms with Crippen LogP contribution in [0.3, 0.4) is 0 Å². The SMILES string of the molecule is CCCCCCC[C@@H]1c2cc3c4c(Br)c2OCOc2c1cc1c(c2-c2cccc(C#N)c2)OCOc2c(cc5c(c2Br)OCOc2c(cc(c(c2-c2cccc(C#N)c2)OCO4)[C@H]3CCCCCCC)[C@@H]5CCCCCCC)[C@@H]1CCCCCCC. The summed E-state index contributed by atoms with van der Waals surface area (Å²) in [5, 5.41) is 21.1. The molecular formula is C74H84Br2N2O8. The molecule has 0 N–H and O–H groups in total. The zero-order chi connectivity index (χ0) is 59.5. The van der Waals surface area contributed by atoms with Crippen molar-refractivity contribution in [1.82, 2.24) is 0 Å². The van der Waals surface area contributed by atoms with E-state index in [0.29, 0.717) is 57.1 Å². The van der Waals surface area contributed by atoms with E-state index in [1.54, 1.807) is 0 Å². The maximum absolute atomic E-state index is 10.5. The molecule has 0 amide bonds. The van der Waals surface area contributed by atoms with Crippen molar-refractivity contribution in [1.29, 1.82) is 10.5 Å². The number of rotatable bonds is 26. The molecule has 0 aromatic heterocycles. The Morgan fingerprint density at radius 3 is 0.837 bits per heavy atom. The van der Waals surface area contributed by atoms with Crippen LogP contribution in [-0.4, -0.2) is 27.2 Å². The molecule has 6 aromatic carbocycles. The van der Waals surface area contributed by atoms with E-state index in [1.165, 1.54) is 25.7 Å². The molecule has 0 unspecified atom stereocenters. The Morgan fingerprint density at radius 2 is 0.581 bits per heavy atom. The van der Waals surface area contributed by atoms with Crippen molar-refractivity contribution >= 4 is 31.9 Å². The standard InChI is InChI=1S/C74H84Br2N2O8/c1-5-9-13-17-21-31-51-55-37-56-52(32-22-18-14-10-6-2)61-40-62-54(34-24-20-16-12-8-4)58-38-57-53(33-23-19-15-11-7-3)60-39-59(51)71-65(75)72(60)84-45-81-69(57)64(50-30-26-28-48(36-50)42-78)70(58)82-46-86-74(62)66(76)73(61)85-44-80-68(56)63(67(55)79-43-83-71)49-29-25-27-47(35-49)41-77/h25-30,35-40,51-54H,5-24,31-34,43-46H2,1-4H3/t51-,52+,53+,54-. The van der Waals surface area contributed by atoms with Crippen LogP contribution in [0.25, 0.3) is 22.3 Å². The van der Waals surface area contributed by atoms with E-state index in [-0.39, 0.29) is 50.8 Å². The molecule has 12 heteroatoms. The normalized spacial score (nSPS) is 17.4. The highest BCUT2D eigenvalue weighted by atomic mass is 79.9. The van der Waals surface area contributed by atoms with Crippen LogP contribution in [0.15, 0.2) is 81.7 Å². The molecule has 0 fully saturated rings. The van der Waals surface area contributed by atoms with Crippen LogP contribution >= 0.6 is 31.9 Å². The molecule has 0 radical (unpaired) electrons. The first-order valence-electron chi connectivity index (χ1n) is 32.5. The second-order valence-electron chi connectivity index (χ2n) is 24.3. The lowest BCUT2D eigenvalue weighted by atomic mass is 9.74. The number of benzene rings is 6. The van der Waals surface area contributed by atoms with Gasteiger partial charge in [0.1, 0.15) is 54.9 Å². The summed E-state index contributed by atoms with van der Waals surface area (Å²) in [5.74, 6) is 4.69. The number of hydrogen-bond acceptors (Lipinski definition) is 10. The van der Waals surface area contributed by atoms with Crippen LogP contribution in [0.1, 0.15) is 261 Å². The number of unbranched alkanes of at least 4 members (excludes halogenated alkanes) is 16. The molecule has 4 atom stereocenters. The first-order valence-corrected chi connectivity index (χ1v) is 34.1. The molecule has 10 nitrogen and oxygen atoms in total. The second-order valence-corrected chi connectivity index (χ2v) is 25.9. The van der Waals surface area contributed by atoms with Gasteiger partial charge < -0.3 is 37.9 Å². The van der Waals surface area contributed by atoms with Gasteiger partial charge in [0.2, 0.25) is 27.2 Å². The summed E-state index contributed by atoms with van der Waals surface area (Å²) in [5.41, 5.74) is 12.9. The molecule has 86 heavy (non-hydrogen) atoms. The summed E-state index contributed by atoms with van der Waals surface area (Å²) in [4.78, 5) is 0. The smallest absolute Gasteiger partial charge is 0.231 e. The minimum atomic E-state index is -0.214. The van der Waals surface area contributed by atoms with Gasteiger partial charge in [0.05, 0.1) is 34.4 Å². The van der Waals surface area contributed by atoms with Crippen LogP contribution in [-0.2, 0) is 0 Å². The number of nitrogens with zero attached hydrogens (tertiary/aromatic N) is 2. The second kappa shape index (κ2) is 29.1. The quantitative estimate of drug-likeness (QED) is 0.0485. The van der Waals surface area contributed by atoms with Gasteiger partial charge in [-0.15, -0.1) is 0 Å². The first-order chi connectivity index (χ1) is 42.3. The largest absolute Gasteiger partial charge is 0.456 e. The topological polar surface area (TPSA) is 121 Å². The molecule has 4 heterocycles. The van der Waals surface area contributed by atoms with Crippen molar-refractivity contribution in [2.75, 3.05) is 27.2 Å². The Bertz CT molecular complexity index is 3090. The van der Waals surface area contributed by atoms with Gasteiger partial charge in [0, 0.05) is 68.2 Å². The fraction of sp³-hybridized carbons (Fsp3) is 0.486. The molecule has 6 aromatic rings. The van der Waals surface area contributed by atoms with Crippen LogP contribution < -0.4 is 37.9 Å². The summed E-state index contributed by atoms with van der Waals surface area (Å²) in [6.07, 6.45) is 25.4. The molecular weight excluding hydrogens is 1200 g/mol. The van der Waals surface area contributed by atoms with E-state index in [0.717, 1.165) is 204 Å². The van der Waals surface area contributed by atoms with E-state index in [9.17, 15) is 10.5 Å². The molecule has 452 valence electrons. The monoisotopic (exact) mass is 1290 g/mol. The van der Waals surface area contributed by atoms with Crippen LogP contribution in [0.2, 0.25) is 0 Å². The predicted molar refractivity (Wildman–Crippen MR) is 347 cm³/mol. The number of ether oxygens (including phenoxy) is 8. The Balaban J connectivity index is 1.30. The van der Waals surface area contributed by atoms with E-state index in [4.69, 9.17) is 37.9 Å². The van der Waals surface area contributed by atoms with Crippen molar-refractivity contribution in [3.63, 3.8) is 0 Å². The van der Waals surface area contributed by atoms with Gasteiger partial charge in [-0.25, -0.2) is 0 Å². The molecule has 8 bridgehead atoms. The van der Waals surface area contributed by atoms with Crippen LogP contribution in [0.5, 0.6) is 46.0 Å². The molecule has 0 saturated heterocycles. The van der Waals surface area contributed by atoms with Gasteiger partial charge in [-0.3, -0.25) is 0 Å². The lowest BCUT2D eigenvalue weighted by molar-refractivity contribution is 0.0980. The van der Waals surface area contributed by atoms with Gasteiger partial charge in [0.25, 0.3) is 0 Å². The van der Waals surface area contributed by atoms with E-state index in [2.05, 4.69) is 108 Å². The third-order valence-corrected chi connectivity index (χ3v) is 20.1. The van der Waals surface area contributed by atoms with Gasteiger partial charge in [-0.05, 0) is 117 Å². The van der Waals surface area contributed by atoms with Crippen molar-refractivity contribution < 1.29 is 37.9 Å². The number of hydrogen-bond donors (Lipinski definition) is 0. The lowest BCUT2D eigenvalue weighted by Crippen LogP contribution is -2.24. The van der Waals surface area contributed by atoms with E-state index in [1.807, 2.05) is 36.4 Å². The van der Waals surface area contributed by atoms with Gasteiger partial charge >= 0.3 is 0 Å². The molecule has 0 saturated carbocycles. The van der Waals surface area contributed by atoms with Crippen LogP contribution in [0, 0.1) is 22.7 Å². The Labute approximate surface area is 527 Å². The third kappa shape index (κ3) is 12.7. The van der Waals surface area contributed by atoms with Gasteiger partial charge in [-0.2, -0.15) is 10.5 Å². The van der Waals surface area contributed by atoms with Crippen molar-refractivity contribution in [3.05, 3.63) is 137 Å². The van der Waals surface area contributed by atoms with E-state index < -0.39 is 0 Å². The zero-order valence-electron chi connectivity index (χ0n) is 51.0. The summed E-state index contributed by atoms with van der Waals surface area (Å²) >= 11 is 8.47. The van der Waals surface area contributed by atoms with Gasteiger partial charge in [0.15, 0.2) is 0 Å². The predicted octanol–water partition coefficient (Wildman–Crippen LogP) is 21.5. The minimum absolute atomic E-state index is 0.0963.